The van der Waals surface area contributed by atoms with Crippen LogP contribution in [0.2, 0.25) is 10.1 Å². The Balaban J connectivity index is 1.85. The first kappa shape index (κ1) is 20.9. The number of nitrogens with one attached hydrogen (secondary N) is 1. The highest BCUT2D eigenvalue weighted by Crippen LogP contribution is 2.40. The Kier molecular flexibility index (Phi) is 5.63. The fourth-order valence-electron chi connectivity index (χ4n) is 4.36. The number of aromatic nitrogens is 1. The molecule has 154 valence electrons. The number of hydrogen-bond acceptors (Lipinski definition) is 1. The van der Waals surface area contributed by atoms with Gasteiger partial charge in [-0.25, -0.2) is 0 Å². The predicted molar refractivity (Wildman–Crippen MR) is 130 cm³/mol. The molecule has 0 fully saturated rings. The molecule has 0 saturated heterocycles. The average molecular weight is 434 g/mol. The molecule has 1 aromatic heterocycles. The van der Waals surface area contributed by atoms with Gasteiger partial charge in [-0.3, -0.25) is 0 Å². The Morgan fingerprint density at radius 2 is 1.40 bits per heavy atom. The van der Waals surface area contributed by atoms with Crippen LogP contribution in [0.4, 0.5) is 0 Å². The summed E-state index contributed by atoms with van der Waals surface area (Å²) in [7, 11) is -2.60. The van der Waals surface area contributed by atoms with E-state index in [0.29, 0.717) is 0 Å². The van der Waals surface area contributed by atoms with E-state index in [1.807, 2.05) is 18.2 Å². The SMILES string of the molecule is CC(O[Si](c1ccccc1)(c1ccccc1)C(C)(C)C)c1cc2cc(Cl)ccc2[nH]1. The largest absolute Gasteiger partial charge is 0.399 e. The molecule has 1 N–H and O–H groups in total. The maximum Gasteiger partial charge on any atom is 0.261 e. The third kappa shape index (κ3) is 3.73. The van der Waals surface area contributed by atoms with Crippen molar-refractivity contribution in [2.75, 3.05) is 0 Å². The van der Waals surface area contributed by atoms with Crippen LogP contribution >= 0.6 is 11.6 Å². The van der Waals surface area contributed by atoms with Crippen molar-refractivity contribution in [3.05, 3.63) is 95.6 Å². The number of hydrogen-bond donors (Lipinski definition) is 1. The van der Waals surface area contributed by atoms with E-state index in [4.69, 9.17) is 16.0 Å². The fourth-order valence-corrected chi connectivity index (χ4v) is 9.22. The molecule has 1 heterocycles. The minimum absolute atomic E-state index is 0.0563. The van der Waals surface area contributed by atoms with E-state index in [9.17, 15) is 0 Å². The van der Waals surface area contributed by atoms with Gasteiger partial charge in [-0.1, -0.05) is 93.0 Å². The monoisotopic (exact) mass is 433 g/mol. The molecule has 0 saturated carbocycles. The van der Waals surface area contributed by atoms with Gasteiger partial charge in [-0.2, -0.15) is 0 Å². The van der Waals surface area contributed by atoms with Crippen molar-refractivity contribution in [2.24, 2.45) is 0 Å². The minimum atomic E-state index is -2.60. The molecule has 4 rings (SSSR count). The first-order valence-electron chi connectivity index (χ1n) is 10.4. The van der Waals surface area contributed by atoms with Gasteiger partial charge in [-0.05, 0) is 46.6 Å². The minimum Gasteiger partial charge on any atom is -0.399 e. The van der Waals surface area contributed by atoms with E-state index in [1.165, 1.54) is 10.4 Å². The van der Waals surface area contributed by atoms with E-state index in [2.05, 4.69) is 99.4 Å². The zero-order valence-electron chi connectivity index (χ0n) is 17.9. The number of aromatic amines is 1. The molecule has 0 radical (unpaired) electrons. The van der Waals surface area contributed by atoms with Crippen molar-refractivity contribution >= 4 is 41.2 Å². The molecule has 4 heteroatoms. The summed E-state index contributed by atoms with van der Waals surface area (Å²) in [5.74, 6) is 0. The number of fused-ring (bicyclic) bond motifs is 1. The van der Waals surface area contributed by atoms with Gasteiger partial charge in [0.1, 0.15) is 0 Å². The number of benzene rings is 3. The second-order valence-electron chi connectivity index (χ2n) is 8.88. The van der Waals surface area contributed by atoms with Gasteiger partial charge in [0.2, 0.25) is 0 Å². The molecule has 2 nitrogen and oxygen atoms in total. The van der Waals surface area contributed by atoms with Gasteiger partial charge >= 0.3 is 0 Å². The smallest absolute Gasteiger partial charge is 0.261 e. The molecule has 0 spiro atoms. The molecule has 30 heavy (non-hydrogen) atoms. The molecule has 0 bridgehead atoms. The van der Waals surface area contributed by atoms with Crippen LogP contribution in [0, 0.1) is 0 Å². The normalized spacial score (nSPS) is 13.5. The Morgan fingerprint density at radius 3 is 1.93 bits per heavy atom. The van der Waals surface area contributed by atoms with E-state index in [-0.39, 0.29) is 11.1 Å². The van der Waals surface area contributed by atoms with Crippen molar-refractivity contribution in [1.82, 2.24) is 4.98 Å². The van der Waals surface area contributed by atoms with Crippen molar-refractivity contribution < 1.29 is 4.43 Å². The summed E-state index contributed by atoms with van der Waals surface area (Å²) < 4.78 is 7.20. The molecule has 4 aromatic rings. The molecule has 1 atom stereocenters. The molecule has 1 unspecified atom stereocenters. The highest BCUT2D eigenvalue weighted by Gasteiger charge is 2.51. The van der Waals surface area contributed by atoms with Gasteiger partial charge < -0.3 is 9.41 Å². The summed E-state index contributed by atoms with van der Waals surface area (Å²) in [6, 6.07) is 29.6. The van der Waals surface area contributed by atoms with Crippen LogP contribution in [0.3, 0.4) is 0 Å². The first-order chi connectivity index (χ1) is 14.3. The molecular weight excluding hydrogens is 406 g/mol. The quantitative estimate of drug-likeness (QED) is 0.359. The Labute approximate surface area is 185 Å². The molecular formula is C26H28ClNOSi. The van der Waals surface area contributed by atoms with Crippen molar-refractivity contribution in [1.29, 1.82) is 0 Å². The Morgan fingerprint density at radius 1 is 0.833 bits per heavy atom. The van der Waals surface area contributed by atoms with Crippen LogP contribution < -0.4 is 10.4 Å². The Bertz CT molecular complexity index is 1090. The zero-order chi connectivity index (χ0) is 21.4. The predicted octanol–water partition coefficient (Wildman–Crippen LogP) is 6.46. The zero-order valence-corrected chi connectivity index (χ0v) is 19.7. The van der Waals surface area contributed by atoms with Gasteiger partial charge in [0.25, 0.3) is 8.32 Å². The maximum atomic E-state index is 7.20. The van der Waals surface area contributed by atoms with Crippen LogP contribution in [-0.4, -0.2) is 13.3 Å². The highest BCUT2D eigenvalue weighted by atomic mass is 35.5. The molecule has 3 aromatic carbocycles. The lowest BCUT2D eigenvalue weighted by Crippen LogP contribution is -2.66. The number of halogens is 1. The summed E-state index contributed by atoms with van der Waals surface area (Å²) in [6.07, 6.45) is -0.0949. The van der Waals surface area contributed by atoms with Crippen LogP contribution in [0.1, 0.15) is 39.5 Å². The van der Waals surface area contributed by atoms with Gasteiger partial charge in [0, 0.05) is 21.6 Å². The van der Waals surface area contributed by atoms with E-state index in [0.717, 1.165) is 21.6 Å². The highest BCUT2D eigenvalue weighted by molar-refractivity contribution is 6.99. The van der Waals surface area contributed by atoms with Crippen molar-refractivity contribution in [3.8, 4) is 0 Å². The summed E-state index contributed by atoms with van der Waals surface area (Å²) in [4.78, 5) is 3.54. The summed E-state index contributed by atoms with van der Waals surface area (Å²) >= 11 is 6.20. The Hall–Kier alpha value is -2.33. The number of H-pyrrole nitrogens is 1. The molecule has 0 aliphatic carbocycles. The second-order valence-corrected chi connectivity index (χ2v) is 13.6. The van der Waals surface area contributed by atoms with Gasteiger partial charge in [-0.15, -0.1) is 0 Å². The standard InChI is InChI=1S/C26H28ClNOSi/c1-19(25-18-20-17-21(27)15-16-24(20)28-25)29-30(26(2,3)4,22-11-7-5-8-12-22)23-13-9-6-10-14-23/h5-19,28H,1-4H3. The van der Waals surface area contributed by atoms with E-state index in [1.54, 1.807) is 0 Å². The molecule has 0 amide bonds. The van der Waals surface area contributed by atoms with Crippen LogP contribution in [0.15, 0.2) is 84.9 Å². The van der Waals surface area contributed by atoms with Crippen LogP contribution in [-0.2, 0) is 4.43 Å². The second kappa shape index (κ2) is 8.07. The van der Waals surface area contributed by atoms with Crippen LogP contribution in [0.25, 0.3) is 10.9 Å². The van der Waals surface area contributed by atoms with E-state index < -0.39 is 8.32 Å². The van der Waals surface area contributed by atoms with Crippen molar-refractivity contribution in [3.63, 3.8) is 0 Å². The number of rotatable bonds is 5. The van der Waals surface area contributed by atoms with Gasteiger partial charge in [0.05, 0.1) is 6.10 Å². The fraction of sp³-hybridized carbons (Fsp3) is 0.231. The lowest BCUT2D eigenvalue weighted by molar-refractivity contribution is 0.207. The van der Waals surface area contributed by atoms with Crippen molar-refractivity contribution in [2.45, 2.75) is 38.8 Å². The topological polar surface area (TPSA) is 25.0 Å². The third-order valence-electron chi connectivity index (χ3n) is 5.81. The lowest BCUT2D eigenvalue weighted by Gasteiger charge is -2.44. The average Bonchev–Trinajstić information content (AvgIpc) is 3.15. The van der Waals surface area contributed by atoms with Crippen LogP contribution in [0.5, 0.6) is 0 Å². The first-order valence-corrected chi connectivity index (χ1v) is 12.7. The molecule has 0 aliphatic rings. The lowest BCUT2D eigenvalue weighted by atomic mass is 10.2. The van der Waals surface area contributed by atoms with E-state index >= 15 is 0 Å². The van der Waals surface area contributed by atoms with Gasteiger partial charge in [0.15, 0.2) is 0 Å². The third-order valence-corrected chi connectivity index (χ3v) is 11.2. The maximum absolute atomic E-state index is 7.20. The summed E-state index contributed by atoms with van der Waals surface area (Å²) in [5.41, 5.74) is 2.15. The molecule has 0 aliphatic heterocycles. The summed E-state index contributed by atoms with van der Waals surface area (Å²) in [5, 5.41) is 4.37. The summed E-state index contributed by atoms with van der Waals surface area (Å²) in [6.45, 7) is 9.05.